The number of aromatic nitrogens is 2. The topological polar surface area (TPSA) is 105 Å². The van der Waals surface area contributed by atoms with Crippen molar-refractivity contribution in [2.75, 3.05) is 0 Å². The lowest BCUT2D eigenvalue weighted by atomic mass is 10.2. The molecule has 0 spiro atoms. The maximum absolute atomic E-state index is 13.8. The van der Waals surface area contributed by atoms with Crippen molar-refractivity contribution in [1.29, 1.82) is 5.41 Å². The minimum atomic E-state index is -0.833. The van der Waals surface area contributed by atoms with Crippen molar-refractivity contribution in [1.82, 2.24) is 9.78 Å². The molecule has 6 nitrogen and oxygen atoms in total. The normalized spacial score (nSPS) is 10.2. The van der Waals surface area contributed by atoms with E-state index in [1.165, 1.54) is 6.07 Å². The second kappa shape index (κ2) is 7.76. The zero-order valence-corrected chi connectivity index (χ0v) is 14.1. The Hall–Kier alpha value is -2.93. The summed E-state index contributed by atoms with van der Waals surface area (Å²) in [5.41, 5.74) is 7.16. The van der Waals surface area contributed by atoms with Crippen LogP contribution < -0.4 is 5.73 Å². The summed E-state index contributed by atoms with van der Waals surface area (Å²) in [6, 6.07) is 11.7. The second-order valence-electron chi connectivity index (χ2n) is 5.19. The number of nitrogens with zero attached hydrogens (tertiary/aromatic N) is 2. The predicted molar refractivity (Wildman–Crippen MR) is 94.6 cm³/mol. The number of benzene rings is 2. The van der Waals surface area contributed by atoms with Crippen molar-refractivity contribution in [3.63, 3.8) is 0 Å². The molecule has 0 saturated carbocycles. The summed E-state index contributed by atoms with van der Waals surface area (Å²) >= 11 is 6.01. The Labute approximate surface area is 148 Å². The third-order valence-electron chi connectivity index (χ3n) is 3.25. The number of nitrogen functional groups attached to an aromatic ring is 1. The van der Waals surface area contributed by atoms with Gasteiger partial charge in [0.1, 0.15) is 17.3 Å². The molecule has 0 aliphatic rings. The minimum absolute atomic E-state index is 0.130. The Morgan fingerprint density at radius 1 is 1.36 bits per heavy atom. The summed E-state index contributed by atoms with van der Waals surface area (Å²) in [7, 11) is 0. The van der Waals surface area contributed by atoms with Gasteiger partial charge in [-0.25, -0.2) is 4.39 Å². The lowest BCUT2D eigenvalue weighted by Crippen LogP contribution is -2.13. The molecule has 2 aromatic carbocycles. The number of rotatable bonds is 3. The molecular formula is C17H16ClFN4O2. The largest absolute Gasteiger partial charge is 0.481 e. The molecule has 1 heterocycles. The van der Waals surface area contributed by atoms with E-state index in [9.17, 15) is 4.39 Å². The Kier molecular flexibility index (Phi) is 5.71. The molecule has 0 fully saturated rings. The van der Waals surface area contributed by atoms with Crippen molar-refractivity contribution in [2.45, 2.75) is 13.5 Å². The molecular weight excluding hydrogens is 347 g/mol. The van der Waals surface area contributed by atoms with Crippen LogP contribution in [0.5, 0.6) is 0 Å². The fraction of sp³-hybridized carbons (Fsp3) is 0.118. The molecule has 0 aliphatic carbocycles. The molecule has 3 aromatic rings. The zero-order chi connectivity index (χ0) is 18.6. The van der Waals surface area contributed by atoms with E-state index in [-0.39, 0.29) is 18.2 Å². The highest BCUT2D eigenvalue weighted by Gasteiger charge is 2.14. The van der Waals surface area contributed by atoms with E-state index in [1.54, 1.807) is 41.1 Å². The van der Waals surface area contributed by atoms with Crippen LogP contribution in [0.3, 0.4) is 0 Å². The highest BCUT2D eigenvalue weighted by atomic mass is 35.5. The van der Waals surface area contributed by atoms with Crippen LogP contribution in [-0.2, 0) is 11.3 Å². The lowest BCUT2D eigenvalue weighted by molar-refractivity contribution is -0.134. The molecule has 25 heavy (non-hydrogen) atoms. The first-order valence-electron chi connectivity index (χ1n) is 7.23. The van der Waals surface area contributed by atoms with E-state index in [1.807, 2.05) is 0 Å². The van der Waals surface area contributed by atoms with Gasteiger partial charge in [-0.3, -0.25) is 14.9 Å². The van der Waals surface area contributed by atoms with Crippen LogP contribution in [0.2, 0.25) is 5.02 Å². The molecule has 0 bridgehead atoms. The molecule has 0 aliphatic heterocycles. The summed E-state index contributed by atoms with van der Waals surface area (Å²) in [5.74, 6) is -1.26. The SMILES string of the molecule is CC(=O)O.N=C(N)c1nn(Cc2ccccc2F)c2cc(Cl)ccc12. The van der Waals surface area contributed by atoms with Crippen LogP contribution in [0.25, 0.3) is 10.9 Å². The summed E-state index contributed by atoms with van der Waals surface area (Å²) in [4.78, 5) is 9.00. The van der Waals surface area contributed by atoms with Gasteiger partial charge in [0.15, 0.2) is 0 Å². The number of halogens is 2. The average Bonchev–Trinajstić information content (AvgIpc) is 2.87. The Bertz CT molecular complexity index is 936. The fourth-order valence-corrected chi connectivity index (χ4v) is 2.42. The first kappa shape index (κ1) is 18.4. The van der Waals surface area contributed by atoms with Crippen molar-refractivity contribution in [3.8, 4) is 0 Å². The summed E-state index contributed by atoms with van der Waals surface area (Å²) in [5, 5.41) is 20.6. The summed E-state index contributed by atoms with van der Waals surface area (Å²) in [6.07, 6.45) is 0. The van der Waals surface area contributed by atoms with Gasteiger partial charge in [0.05, 0.1) is 12.1 Å². The van der Waals surface area contributed by atoms with Crippen LogP contribution in [-0.4, -0.2) is 26.7 Å². The van der Waals surface area contributed by atoms with Crippen molar-refractivity contribution in [2.24, 2.45) is 5.73 Å². The molecule has 4 N–H and O–H groups in total. The molecule has 1 aromatic heterocycles. The first-order chi connectivity index (χ1) is 11.8. The third kappa shape index (κ3) is 4.54. The van der Waals surface area contributed by atoms with Gasteiger partial charge in [0, 0.05) is 22.9 Å². The third-order valence-corrected chi connectivity index (χ3v) is 3.48. The minimum Gasteiger partial charge on any atom is -0.481 e. The monoisotopic (exact) mass is 362 g/mol. The van der Waals surface area contributed by atoms with Gasteiger partial charge in [-0.05, 0) is 24.3 Å². The number of carboxylic acids is 1. The van der Waals surface area contributed by atoms with Gasteiger partial charge < -0.3 is 10.8 Å². The average molecular weight is 363 g/mol. The van der Waals surface area contributed by atoms with Gasteiger partial charge in [-0.15, -0.1) is 0 Å². The smallest absolute Gasteiger partial charge is 0.300 e. The zero-order valence-electron chi connectivity index (χ0n) is 13.3. The van der Waals surface area contributed by atoms with Crippen LogP contribution in [0.4, 0.5) is 4.39 Å². The molecule has 3 rings (SSSR count). The van der Waals surface area contributed by atoms with Gasteiger partial charge in [-0.2, -0.15) is 5.10 Å². The number of nitrogens with two attached hydrogens (primary N) is 1. The van der Waals surface area contributed by atoms with Crippen molar-refractivity contribution in [3.05, 3.63) is 64.6 Å². The number of carboxylic acid groups (broad SMARTS) is 1. The molecule has 0 unspecified atom stereocenters. The quantitative estimate of drug-likeness (QED) is 0.491. The number of fused-ring (bicyclic) bond motifs is 1. The Balaban J connectivity index is 0.000000511. The molecule has 0 amide bonds. The van der Waals surface area contributed by atoms with Crippen molar-refractivity contribution < 1.29 is 14.3 Å². The van der Waals surface area contributed by atoms with Crippen LogP contribution in [0.15, 0.2) is 42.5 Å². The van der Waals surface area contributed by atoms with Crippen LogP contribution in [0.1, 0.15) is 18.2 Å². The second-order valence-corrected chi connectivity index (χ2v) is 5.63. The molecule has 0 atom stereocenters. The predicted octanol–water partition coefficient (Wildman–Crippen LogP) is 3.25. The van der Waals surface area contributed by atoms with E-state index < -0.39 is 5.97 Å². The number of carbonyl (C=O) groups is 1. The standard InChI is InChI=1S/C15H12ClFN4.C2H4O2/c16-10-5-6-11-13(7-10)21(20-14(11)15(18)19)8-9-3-1-2-4-12(9)17;1-2(3)4/h1-7H,8H2,(H3,18,19);1H3,(H,3,4). The van der Waals surface area contributed by atoms with Crippen LogP contribution in [0, 0.1) is 11.2 Å². The van der Waals surface area contributed by atoms with E-state index in [0.717, 1.165) is 17.8 Å². The highest BCUT2D eigenvalue weighted by molar-refractivity contribution is 6.31. The lowest BCUT2D eigenvalue weighted by Gasteiger charge is -2.05. The van der Waals surface area contributed by atoms with E-state index >= 15 is 0 Å². The Morgan fingerprint density at radius 2 is 2.00 bits per heavy atom. The number of hydrogen-bond acceptors (Lipinski definition) is 3. The van der Waals surface area contributed by atoms with Gasteiger partial charge >= 0.3 is 0 Å². The van der Waals surface area contributed by atoms with E-state index in [2.05, 4.69) is 5.10 Å². The highest BCUT2D eigenvalue weighted by Crippen LogP contribution is 2.23. The number of aliphatic carboxylic acids is 1. The first-order valence-corrected chi connectivity index (χ1v) is 7.60. The van der Waals surface area contributed by atoms with Gasteiger partial charge in [-0.1, -0.05) is 29.8 Å². The fourth-order valence-electron chi connectivity index (χ4n) is 2.25. The number of hydrogen-bond donors (Lipinski definition) is 3. The summed E-state index contributed by atoms with van der Waals surface area (Å²) < 4.78 is 15.4. The Morgan fingerprint density at radius 3 is 2.60 bits per heavy atom. The van der Waals surface area contributed by atoms with Crippen LogP contribution >= 0.6 is 11.6 Å². The molecule has 0 saturated heterocycles. The van der Waals surface area contributed by atoms with Gasteiger partial charge in [0.2, 0.25) is 0 Å². The number of amidine groups is 1. The summed E-state index contributed by atoms with van der Waals surface area (Å²) in [6.45, 7) is 1.33. The maximum Gasteiger partial charge on any atom is 0.300 e. The van der Waals surface area contributed by atoms with Gasteiger partial charge in [0.25, 0.3) is 5.97 Å². The van der Waals surface area contributed by atoms with E-state index in [0.29, 0.717) is 16.3 Å². The molecule has 130 valence electrons. The maximum atomic E-state index is 13.8. The number of nitrogens with one attached hydrogen (secondary N) is 1. The van der Waals surface area contributed by atoms with Crippen molar-refractivity contribution >= 4 is 34.3 Å². The molecule has 8 heteroatoms. The van der Waals surface area contributed by atoms with E-state index in [4.69, 9.17) is 32.6 Å². The molecule has 0 radical (unpaired) electrons.